The van der Waals surface area contributed by atoms with Gasteiger partial charge in [-0.25, -0.2) is 4.98 Å². The van der Waals surface area contributed by atoms with E-state index in [-0.39, 0.29) is 11.5 Å². The first-order valence-electron chi connectivity index (χ1n) is 8.73. The van der Waals surface area contributed by atoms with Gasteiger partial charge in [0.05, 0.1) is 5.60 Å². The molecule has 1 unspecified atom stereocenters. The molecule has 0 radical (unpaired) electrons. The van der Waals surface area contributed by atoms with Gasteiger partial charge in [-0.1, -0.05) is 13.0 Å². The van der Waals surface area contributed by atoms with Crippen LogP contribution in [-0.4, -0.2) is 22.2 Å². The average Bonchev–Trinajstić information content (AvgIpc) is 2.60. The van der Waals surface area contributed by atoms with Crippen LogP contribution in [0.15, 0.2) is 24.5 Å². The van der Waals surface area contributed by atoms with Crippen molar-refractivity contribution in [3.63, 3.8) is 0 Å². The Kier molecular flexibility index (Phi) is 4.73. The highest BCUT2D eigenvalue weighted by molar-refractivity contribution is 5.78. The first-order chi connectivity index (χ1) is 12.0. The molecule has 0 spiro atoms. The van der Waals surface area contributed by atoms with Crippen LogP contribution in [-0.2, 0) is 11.2 Å². The molecule has 1 aliphatic heterocycles. The molecule has 2 aromatic heterocycles. The second-order valence-electron chi connectivity index (χ2n) is 7.12. The zero-order valence-electron chi connectivity index (χ0n) is 15.0. The van der Waals surface area contributed by atoms with Gasteiger partial charge in [-0.3, -0.25) is 4.98 Å². The molecule has 0 aliphatic carbocycles. The van der Waals surface area contributed by atoms with Crippen LogP contribution in [0.3, 0.4) is 0 Å². The summed E-state index contributed by atoms with van der Waals surface area (Å²) in [5.41, 5.74) is 10.4. The van der Waals surface area contributed by atoms with Gasteiger partial charge in [0.25, 0.3) is 0 Å². The Bertz CT molecular complexity index is 809. The largest absolute Gasteiger partial charge is 0.383 e. The third kappa shape index (κ3) is 3.35. The minimum absolute atomic E-state index is 0.174. The number of nitrogen functional groups attached to an aromatic ring is 1. The molecule has 0 amide bonds. The fraction of sp³-hybridized carbons (Fsp3) is 0.450. The van der Waals surface area contributed by atoms with E-state index in [9.17, 15) is 5.26 Å². The molecule has 2 aromatic rings. The lowest BCUT2D eigenvalue weighted by Crippen LogP contribution is -2.33. The van der Waals surface area contributed by atoms with E-state index in [1.807, 2.05) is 12.1 Å². The maximum Gasteiger partial charge on any atom is 0.142 e. The smallest absolute Gasteiger partial charge is 0.142 e. The summed E-state index contributed by atoms with van der Waals surface area (Å²) in [6.45, 7) is 7.03. The average molecular weight is 336 g/mol. The highest BCUT2D eigenvalue weighted by Crippen LogP contribution is 2.40. The van der Waals surface area contributed by atoms with Gasteiger partial charge in [-0.2, -0.15) is 5.26 Å². The number of nitriles is 1. The summed E-state index contributed by atoms with van der Waals surface area (Å²) in [5.74, 6) is 0.585. The number of rotatable bonds is 3. The zero-order chi connectivity index (χ0) is 18.0. The molecule has 0 aromatic carbocycles. The van der Waals surface area contributed by atoms with Gasteiger partial charge in [0.2, 0.25) is 0 Å². The van der Waals surface area contributed by atoms with Crippen LogP contribution in [0.2, 0.25) is 0 Å². The van der Waals surface area contributed by atoms with Crippen LogP contribution in [0.1, 0.15) is 56.4 Å². The minimum Gasteiger partial charge on any atom is -0.383 e. The number of hydrogen-bond donors (Lipinski definition) is 1. The van der Waals surface area contributed by atoms with E-state index in [4.69, 9.17) is 10.5 Å². The summed E-state index contributed by atoms with van der Waals surface area (Å²) in [4.78, 5) is 8.89. The second kappa shape index (κ2) is 6.81. The Balaban J connectivity index is 2.21. The molecule has 25 heavy (non-hydrogen) atoms. The van der Waals surface area contributed by atoms with E-state index in [1.54, 1.807) is 12.4 Å². The third-order valence-corrected chi connectivity index (χ3v) is 4.86. The van der Waals surface area contributed by atoms with Crippen LogP contribution in [0.4, 0.5) is 5.82 Å². The van der Waals surface area contributed by atoms with E-state index in [2.05, 4.69) is 36.8 Å². The Morgan fingerprint density at radius 1 is 1.44 bits per heavy atom. The molecule has 5 heteroatoms. The fourth-order valence-corrected chi connectivity index (χ4v) is 3.76. The van der Waals surface area contributed by atoms with Crippen molar-refractivity contribution in [2.45, 2.75) is 51.6 Å². The Hall–Kier alpha value is -2.45. The summed E-state index contributed by atoms with van der Waals surface area (Å²) >= 11 is 0. The van der Waals surface area contributed by atoms with Crippen molar-refractivity contribution in [3.05, 3.63) is 41.3 Å². The van der Waals surface area contributed by atoms with E-state index in [1.165, 1.54) is 0 Å². The van der Waals surface area contributed by atoms with E-state index < -0.39 is 0 Å². The monoisotopic (exact) mass is 336 g/mol. The van der Waals surface area contributed by atoms with Crippen LogP contribution < -0.4 is 5.73 Å². The summed E-state index contributed by atoms with van der Waals surface area (Å²) in [5, 5.41) is 9.65. The summed E-state index contributed by atoms with van der Waals surface area (Å²) < 4.78 is 5.86. The van der Waals surface area contributed by atoms with Crippen LogP contribution in [0.25, 0.3) is 11.1 Å². The van der Waals surface area contributed by atoms with Gasteiger partial charge in [0, 0.05) is 41.7 Å². The molecule has 1 atom stereocenters. The van der Waals surface area contributed by atoms with Crippen LogP contribution in [0.5, 0.6) is 0 Å². The fourth-order valence-electron chi connectivity index (χ4n) is 3.76. The normalized spacial score (nSPS) is 19.4. The lowest BCUT2D eigenvalue weighted by Gasteiger charge is -2.36. The number of nitrogens with two attached hydrogens (primary N) is 1. The van der Waals surface area contributed by atoms with Crippen molar-refractivity contribution in [2.75, 3.05) is 12.3 Å². The number of nitrogens with zero attached hydrogens (tertiary/aromatic N) is 3. The first kappa shape index (κ1) is 17.4. The van der Waals surface area contributed by atoms with E-state index in [0.717, 1.165) is 41.6 Å². The lowest BCUT2D eigenvalue weighted by atomic mass is 9.81. The highest BCUT2D eigenvalue weighted by Gasteiger charge is 2.33. The van der Waals surface area contributed by atoms with Gasteiger partial charge >= 0.3 is 0 Å². The number of pyridine rings is 2. The molecular formula is C20H24N4O. The highest BCUT2D eigenvalue weighted by atomic mass is 16.5. The van der Waals surface area contributed by atoms with Gasteiger partial charge in [-0.05, 0) is 44.7 Å². The van der Waals surface area contributed by atoms with Crippen LogP contribution >= 0.6 is 0 Å². The molecule has 130 valence electrons. The van der Waals surface area contributed by atoms with Crippen molar-refractivity contribution in [2.24, 2.45) is 0 Å². The van der Waals surface area contributed by atoms with Crippen molar-refractivity contribution in [1.82, 2.24) is 9.97 Å². The SMILES string of the molecule is CCc1c(C2CCOC(C)(C)C2)nc(N)c(C#N)c1-c1cccnc1. The molecule has 5 nitrogen and oxygen atoms in total. The van der Waals surface area contributed by atoms with Crippen molar-refractivity contribution < 1.29 is 4.74 Å². The lowest BCUT2D eigenvalue weighted by molar-refractivity contribution is -0.0598. The summed E-state index contributed by atoms with van der Waals surface area (Å²) in [6.07, 6.45) is 6.12. The molecule has 1 saturated heterocycles. The van der Waals surface area contributed by atoms with Crippen molar-refractivity contribution in [3.8, 4) is 17.2 Å². The molecule has 1 aliphatic rings. The Morgan fingerprint density at radius 3 is 2.84 bits per heavy atom. The van der Waals surface area contributed by atoms with Crippen molar-refractivity contribution >= 4 is 5.82 Å². The Morgan fingerprint density at radius 2 is 2.24 bits per heavy atom. The second-order valence-corrected chi connectivity index (χ2v) is 7.12. The molecule has 0 bridgehead atoms. The number of anilines is 1. The third-order valence-electron chi connectivity index (χ3n) is 4.86. The minimum atomic E-state index is -0.174. The Labute approximate surface area is 148 Å². The van der Waals surface area contributed by atoms with Gasteiger partial charge in [0.1, 0.15) is 17.5 Å². The maximum absolute atomic E-state index is 9.65. The maximum atomic E-state index is 9.65. The van der Waals surface area contributed by atoms with Gasteiger partial charge in [-0.15, -0.1) is 0 Å². The van der Waals surface area contributed by atoms with E-state index in [0.29, 0.717) is 18.0 Å². The predicted molar refractivity (Wildman–Crippen MR) is 98.0 cm³/mol. The molecule has 3 rings (SSSR count). The standard InChI is InChI=1S/C20H24N4O/c1-4-15-17(14-6-5-8-23-12-14)16(11-21)19(22)24-18(15)13-7-9-25-20(2,3)10-13/h5-6,8,12-13H,4,7,9-10H2,1-3H3,(H2,22,24). The molecule has 2 N–H and O–H groups in total. The topological polar surface area (TPSA) is 84.8 Å². The number of hydrogen-bond acceptors (Lipinski definition) is 5. The molecule has 1 fully saturated rings. The molecule has 3 heterocycles. The zero-order valence-corrected chi connectivity index (χ0v) is 15.0. The number of aromatic nitrogens is 2. The summed E-state index contributed by atoms with van der Waals surface area (Å²) in [7, 11) is 0. The van der Waals surface area contributed by atoms with Gasteiger partial charge in [0.15, 0.2) is 0 Å². The molecule has 0 saturated carbocycles. The van der Waals surface area contributed by atoms with Gasteiger partial charge < -0.3 is 10.5 Å². The van der Waals surface area contributed by atoms with Crippen LogP contribution in [0, 0.1) is 11.3 Å². The first-order valence-corrected chi connectivity index (χ1v) is 8.73. The molecular weight excluding hydrogens is 312 g/mol. The number of ether oxygens (including phenoxy) is 1. The van der Waals surface area contributed by atoms with Crippen molar-refractivity contribution in [1.29, 1.82) is 5.26 Å². The quantitative estimate of drug-likeness (QED) is 0.920. The predicted octanol–water partition coefficient (Wildman–Crippen LogP) is 3.83. The van der Waals surface area contributed by atoms with E-state index >= 15 is 0 Å². The summed E-state index contributed by atoms with van der Waals surface area (Å²) in [6, 6.07) is 6.09.